The number of hydrogen-bond acceptors (Lipinski definition) is 2. The number of hydrogen-bond donors (Lipinski definition) is 0. The van der Waals surface area contributed by atoms with Crippen LogP contribution < -0.4 is 15.6 Å². The molecule has 27 heavy (non-hydrogen) atoms. The molecule has 2 nitrogen and oxygen atoms in total. The van der Waals surface area contributed by atoms with Gasteiger partial charge in [0.15, 0.2) is 9.04 Å². The van der Waals surface area contributed by atoms with E-state index in [2.05, 4.69) is 117 Å². The normalized spacial score (nSPS) is 12.3. The lowest BCUT2D eigenvalue weighted by Crippen LogP contribution is -2.70. The molecule has 0 saturated heterocycles. The molecule has 3 rings (SSSR count). The van der Waals surface area contributed by atoms with Crippen LogP contribution in [-0.4, -0.2) is 25.9 Å². The molecule has 3 aromatic rings. The Balaban J connectivity index is 2.17. The van der Waals surface area contributed by atoms with Gasteiger partial charge in [-0.05, 0) is 41.7 Å². The van der Waals surface area contributed by atoms with E-state index in [0.717, 1.165) is 0 Å². The van der Waals surface area contributed by atoms with Gasteiger partial charge >= 0.3 is 8.56 Å². The molecule has 0 aromatic heterocycles. The van der Waals surface area contributed by atoms with Gasteiger partial charge in [0.05, 0.1) is 0 Å². The van der Waals surface area contributed by atoms with Crippen LogP contribution in [0.1, 0.15) is 0 Å². The lowest BCUT2D eigenvalue weighted by molar-refractivity contribution is 0.426. The zero-order valence-corrected chi connectivity index (χ0v) is 19.5. The maximum Gasteiger partial charge on any atom is 0.386 e. The molecule has 0 aliphatic heterocycles. The van der Waals surface area contributed by atoms with Gasteiger partial charge in [0.2, 0.25) is 8.32 Å². The molecule has 5 heteroatoms. The molecule has 0 fully saturated rings. The van der Waals surface area contributed by atoms with Crippen LogP contribution in [-0.2, 0) is 8.23 Å². The maximum atomic E-state index is 7.18. The van der Waals surface area contributed by atoms with E-state index in [1.807, 2.05) is 0 Å². The molecular formula is C22H27O2Si3. The van der Waals surface area contributed by atoms with Crippen molar-refractivity contribution < 1.29 is 8.23 Å². The molecule has 0 N–H and O–H groups in total. The zero-order valence-electron chi connectivity index (χ0n) is 16.5. The van der Waals surface area contributed by atoms with Gasteiger partial charge in [-0.2, -0.15) is 0 Å². The van der Waals surface area contributed by atoms with E-state index in [1.165, 1.54) is 15.6 Å². The highest BCUT2D eigenvalue weighted by Gasteiger charge is 2.48. The summed E-state index contributed by atoms with van der Waals surface area (Å²) in [7, 11) is -6.00. The predicted octanol–water partition coefficient (Wildman–Crippen LogP) is 3.64. The van der Waals surface area contributed by atoms with Crippen molar-refractivity contribution in [3.63, 3.8) is 0 Å². The molecular weight excluding hydrogens is 380 g/mol. The summed E-state index contributed by atoms with van der Waals surface area (Å²) in [5.74, 6) is 0. The number of benzene rings is 3. The quantitative estimate of drug-likeness (QED) is 0.557. The minimum Gasteiger partial charge on any atom is -0.430 e. The summed E-state index contributed by atoms with van der Waals surface area (Å²) in [5, 5.41) is 3.65. The minimum absolute atomic E-state index is 0.979. The molecule has 139 valence electrons. The molecule has 0 heterocycles. The van der Waals surface area contributed by atoms with Crippen LogP contribution in [0, 0.1) is 0 Å². The van der Waals surface area contributed by atoms with E-state index in [4.69, 9.17) is 8.23 Å². The Hall–Kier alpha value is -1.77. The first-order valence-electron chi connectivity index (χ1n) is 9.30. The third kappa shape index (κ3) is 4.56. The molecule has 0 bridgehead atoms. The van der Waals surface area contributed by atoms with Crippen LogP contribution in [0.5, 0.6) is 0 Å². The van der Waals surface area contributed by atoms with Crippen LogP contribution in [0.15, 0.2) is 91.0 Å². The Morgan fingerprint density at radius 1 is 0.593 bits per heavy atom. The number of rotatable bonds is 7. The fourth-order valence-electron chi connectivity index (χ4n) is 3.28. The monoisotopic (exact) mass is 407 g/mol. The van der Waals surface area contributed by atoms with Gasteiger partial charge in [-0.3, -0.25) is 0 Å². The first kappa shape index (κ1) is 20.0. The van der Waals surface area contributed by atoms with Gasteiger partial charge < -0.3 is 8.23 Å². The third-order valence-corrected chi connectivity index (χ3v) is 14.4. The Bertz CT molecular complexity index is 798. The minimum atomic E-state index is -2.82. The van der Waals surface area contributed by atoms with E-state index in [-0.39, 0.29) is 0 Å². The van der Waals surface area contributed by atoms with Crippen molar-refractivity contribution in [1.29, 1.82) is 0 Å². The average Bonchev–Trinajstić information content (AvgIpc) is 2.69. The van der Waals surface area contributed by atoms with Gasteiger partial charge in [0.25, 0.3) is 0 Å². The van der Waals surface area contributed by atoms with Crippen molar-refractivity contribution in [2.75, 3.05) is 0 Å². The highest BCUT2D eigenvalue weighted by Crippen LogP contribution is 2.18. The molecule has 3 aromatic carbocycles. The van der Waals surface area contributed by atoms with Crippen molar-refractivity contribution in [2.24, 2.45) is 0 Å². The average molecular weight is 408 g/mol. The summed E-state index contributed by atoms with van der Waals surface area (Å²) >= 11 is 0. The smallest absolute Gasteiger partial charge is 0.386 e. The van der Waals surface area contributed by atoms with Crippen LogP contribution in [0.3, 0.4) is 0 Å². The summed E-state index contributed by atoms with van der Waals surface area (Å²) in [5.41, 5.74) is 0. The van der Waals surface area contributed by atoms with Crippen molar-refractivity contribution in [3.05, 3.63) is 91.0 Å². The summed E-state index contributed by atoms with van der Waals surface area (Å²) in [4.78, 5) is 0. The lowest BCUT2D eigenvalue weighted by Gasteiger charge is -2.40. The Morgan fingerprint density at radius 3 is 1.33 bits per heavy atom. The topological polar surface area (TPSA) is 18.5 Å². The Labute approximate surface area is 166 Å². The van der Waals surface area contributed by atoms with Gasteiger partial charge in [-0.1, -0.05) is 91.0 Å². The largest absolute Gasteiger partial charge is 0.430 e. The molecule has 0 spiro atoms. The Morgan fingerprint density at radius 2 is 0.963 bits per heavy atom. The fraction of sp³-hybridized carbons (Fsp3) is 0.182. The van der Waals surface area contributed by atoms with Crippen LogP contribution >= 0.6 is 0 Å². The molecule has 0 aliphatic rings. The van der Waals surface area contributed by atoms with E-state index in [9.17, 15) is 0 Å². The predicted molar refractivity (Wildman–Crippen MR) is 121 cm³/mol. The van der Waals surface area contributed by atoms with Gasteiger partial charge in [0, 0.05) is 0 Å². The molecule has 0 unspecified atom stereocenters. The van der Waals surface area contributed by atoms with Crippen LogP contribution in [0.25, 0.3) is 0 Å². The molecule has 0 saturated carbocycles. The molecule has 1 radical (unpaired) electrons. The summed E-state index contributed by atoms with van der Waals surface area (Å²) in [6.07, 6.45) is 0. The second-order valence-electron chi connectivity index (χ2n) is 7.34. The van der Waals surface area contributed by atoms with Gasteiger partial charge in [0.1, 0.15) is 0 Å². The third-order valence-electron chi connectivity index (χ3n) is 4.52. The van der Waals surface area contributed by atoms with E-state index >= 15 is 0 Å². The maximum absolute atomic E-state index is 7.18. The van der Waals surface area contributed by atoms with Crippen molar-refractivity contribution in [1.82, 2.24) is 0 Å². The first-order valence-corrected chi connectivity index (χ1v) is 16.4. The van der Waals surface area contributed by atoms with Crippen molar-refractivity contribution in [2.45, 2.75) is 26.2 Å². The van der Waals surface area contributed by atoms with E-state index < -0.39 is 25.9 Å². The molecule has 0 atom stereocenters. The molecule has 0 amide bonds. The SMILES string of the molecule is C[Si](C)O[Si](O[Si](C)(C)c1ccccc1)(c1ccccc1)c1ccccc1. The van der Waals surface area contributed by atoms with E-state index in [1.54, 1.807) is 0 Å². The van der Waals surface area contributed by atoms with Gasteiger partial charge in [-0.25, -0.2) is 0 Å². The van der Waals surface area contributed by atoms with Crippen molar-refractivity contribution in [3.8, 4) is 0 Å². The summed E-state index contributed by atoms with van der Waals surface area (Å²) < 4.78 is 14.0. The second-order valence-corrected chi connectivity index (χ2v) is 16.8. The van der Waals surface area contributed by atoms with E-state index in [0.29, 0.717) is 0 Å². The standard InChI is InChI=1S/C22H27O2Si3/c1-25(2)23-27(21-16-10-6-11-17-21,22-18-12-7-13-19-22)24-26(3,4)20-14-8-5-9-15-20/h5-19H,1-4H3. The van der Waals surface area contributed by atoms with Gasteiger partial charge in [-0.15, -0.1) is 0 Å². The van der Waals surface area contributed by atoms with Crippen LogP contribution in [0.4, 0.5) is 0 Å². The summed E-state index contributed by atoms with van der Waals surface area (Å²) in [6, 6.07) is 31.7. The second kappa shape index (κ2) is 8.50. The van der Waals surface area contributed by atoms with Crippen LogP contribution in [0.2, 0.25) is 26.2 Å². The highest BCUT2D eigenvalue weighted by atomic mass is 28.5. The first-order chi connectivity index (χ1) is 12.9. The zero-order chi connectivity index (χ0) is 19.3. The summed E-state index contributed by atoms with van der Waals surface area (Å²) in [6.45, 7) is 8.94. The highest BCUT2D eigenvalue weighted by molar-refractivity contribution is 7.03. The Kier molecular flexibility index (Phi) is 6.29. The fourth-order valence-corrected chi connectivity index (χ4v) is 13.9. The lowest BCUT2D eigenvalue weighted by atomic mass is 10.4. The van der Waals surface area contributed by atoms with Crippen molar-refractivity contribution >= 4 is 41.5 Å². The molecule has 0 aliphatic carbocycles.